The molecule has 0 aliphatic rings. The SMILES string of the molecule is Cc1cc(C)n(-c2[c-]c(Oc3[c-]c4c(cc3)c3ccccc3n4-c3cc(C(C)(C)C)ccn3)c3oc4ccccc4c3c2)n1.[Pt+2]. The first kappa shape index (κ1) is 29.1. The number of hydrogen-bond acceptors (Lipinski definition) is 4. The van der Waals surface area contributed by atoms with Crippen molar-refractivity contribution in [1.29, 1.82) is 0 Å². The van der Waals surface area contributed by atoms with Crippen LogP contribution in [0.5, 0.6) is 11.5 Å². The van der Waals surface area contributed by atoms with Crippen molar-refractivity contribution in [3.05, 3.63) is 120 Å². The van der Waals surface area contributed by atoms with Crippen LogP contribution in [0.4, 0.5) is 0 Å². The van der Waals surface area contributed by atoms with E-state index in [9.17, 15) is 0 Å². The second kappa shape index (κ2) is 10.7. The van der Waals surface area contributed by atoms with Crippen LogP contribution in [0.3, 0.4) is 0 Å². The molecule has 4 aromatic heterocycles. The molecule has 4 aromatic carbocycles. The summed E-state index contributed by atoms with van der Waals surface area (Å²) >= 11 is 0. The zero-order valence-corrected chi connectivity index (χ0v) is 27.9. The third-order valence-electron chi connectivity index (χ3n) is 8.21. The molecule has 45 heavy (non-hydrogen) atoms. The number of aryl methyl sites for hydroxylation is 2. The summed E-state index contributed by atoms with van der Waals surface area (Å²) in [5, 5.41) is 8.87. The van der Waals surface area contributed by atoms with E-state index in [0.29, 0.717) is 17.1 Å². The van der Waals surface area contributed by atoms with Gasteiger partial charge >= 0.3 is 21.1 Å². The minimum atomic E-state index is -0.0152. The van der Waals surface area contributed by atoms with Crippen molar-refractivity contribution in [1.82, 2.24) is 19.3 Å². The number of aromatic nitrogens is 4. The summed E-state index contributed by atoms with van der Waals surface area (Å²) in [6, 6.07) is 35.8. The van der Waals surface area contributed by atoms with Crippen molar-refractivity contribution in [3.63, 3.8) is 0 Å². The predicted octanol–water partition coefficient (Wildman–Crippen LogP) is 9.57. The van der Waals surface area contributed by atoms with Crippen molar-refractivity contribution >= 4 is 43.7 Å². The summed E-state index contributed by atoms with van der Waals surface area (Å²) in [6.45, 7) is 10.7. The Kier molecular flexibility index (Phi) is 6.94. The first-order chi connectivity index (χ1) is 21.2. The number of furan rings is 1. The molecule has 0 saturated heterocycles. The van der Waals surface area contributed by atoms with E-state index in [-0.39, 0.29) is 26.5 Å². The van der Waals surface area contributed by atoms with Gasteiger partial charge in [0.25, 0.3) is 0 Å². The summed E-state index contributed by atoms with van der Waals surface area (Å²) in [6.07, 6.45) is 1.88. The summed E-state index contributed by atoms with van der Waals surface area (Å²) in [5.74, 6) is 1.87. The molecule has 0 spiro atoms. The smallest absolute Gasteiger partial charge is 0.512 e. The van der Waals surface area contributed by atoms with Crippen molar-refractivity contribution in [2.45, 2.75) is 40.0 Å². The van der Waals surface area contributed by atoms with Crippen LogP contribution in [0, 0.1) is 26.0 Å². The molecular formula is C38H30N4O2Pt. The topological polar surface area (TPSA) is 58.0 Å². The number of rotatable bonds is 4. The Labute approximate surface area is 275 Å². The fourth-order valence-electron chi connectivity index (χ4n) is 6.07. The predicted molar refractivity (Wildman–Crippen MR) is 175 cm³/mol. The van der Waals surface area contributed by atoms with Gasteiger partial charge in [0.2, 0.25) is 0 Å². The number of pyridine rings is 1. The molecule has 0 atom stereocenters. The zero-order chi connectivity index (χ0) is 30.2. The monoisotopic (exact) mass is 769 g/mol. The van der Waals surface area contributed by atoms with E-state index >= 15 is 0 Å². The summed E-state index contributed by atoms with van der Waals surface area (Å²) in [5.41, 5.74) is 7.29. The van der Waals surface area contributed by atoms with E-state index in [4.69, 9.17) is 19.2 Å². The Hall–Kier alpha value is -4.67. The second-order valence-corrected chi connectivity index (χ2v) is 12.4. The Bertz CT molecular complexity index is 2390. The zero-order valence-electron chi connectivity index (χ0n) is 25.6. The maximum atomic E-state index is 6.62. The van der Waals surface area contributed by atoms with Gasteiger partial charge in [-0.1, -0.05) is 68.1 Å². The second-order valence-electron chi connectivity index (χ2n) is 12.4. The van der Waals surface area contributed by atoms with E-state index in [2.05, 4.69) is 98.1 Å². The van der Waals surface area contributed by atoms with Crippen LogP contribution < -0.4 is 4.74 Å². The first-order valence-electron chi connectivity index (χ1n) is 14.8. The molecule has 8 rings (SSSR count). The van der Waals surface area contributed by atoms with Crippen molar-refractivity contribution < 1.29 is 30.2 Å². The van der Waals surface area contributed by atoms with E-state index in [1.807, 2.05) is 49.0 Å². The Morgan fingerprint density at radius 1 is 0.800 bits per heavy atom. The fraction of sp³-hybridized carbons (Fsp3) is 0.158. The molecule has 224 valence electrons. The third-order valence-corrected chi connectivity index (χ3v) is 8.21. The summed E-state index contributed by atoms with van der Waals surface area (Å²) in [4.78, 5) is 4.80. The van der Waals surface area contributed by atoms with E-state index in [1.54, 1.807) is 0 Å². The Balaban J connectivity index is 0.00000325. The molecule has 0 aliphatic carbocycles. The van der Waals surface area contributed by atoms with Gasteiger partial charge in [0.15, 0.2) is 0 Å². The summed E-state index contributed by atoms with van der Waals surface area (Å²) in [7, 11) is 0. The van der Waals surface area contributed by atoms with Gasteiger partial charge in [0.1, 0.15) is 11.4 Å². The molecule has 6 nitrogen and oxygen atoms in total. The number of nitrogens with zero attached hydrogens (tertiary/aromatic N) is 4. The molecule has 0 N–H and O–H groups in total. The maximum Gasteiger partial charge on any atom is 2.00 e. The molecule has 7 heteroatoms. The fourth-order valence-corrected chi connectivity index (χ4v) is 6.07. The Morgan fingerprint density at radius 2 is 1.58 bits per heavy atom. The van der Waals surface area contributed by atoms with E-state index in [0.717, 1.165) is 61.1 Å². The van der Waals surface area contributed by atoms with Gasteiger partial charge in [-0.25, -0.2) is 4.98 Å². The molecule has 0 bridgehead atoms. The van der Waals surface area contributed by atoms with Crippen LogP contribution in [0.15, 0.2) is 95.5 Å². The van der Waals surface area contributed by atoms with Gasteiger partial charge in [0, 0.05) is 28.5 Å². The minimum absolute atomic E-state index is 0. The van der Waals surface area contributed by atoms with Crippen molar-refractivity contribution in [3.8, 4) is 23.0 Å². The molecule has 0 amide bonds. The van der Waals surface area contributed by atoms with Crippen LogP contribution >= 0.6 is 0 Å². The molecule has 0 aliphatic heterocycles. The van der Waals surface area contributed by atoms with Gasteiger partial charge in [-0.05, 0) is 66.2 Å². The molecule has 0 fully saturated rings. The number of benzene rings is 4. The molecule has 0 radical (unpaired) electrons. The third kappa shape index (κ3) is 4.85. The molecule has 4 heterocycles. The minimum Gasteiger partial charge on any atom is -0.512 e. The largest absolute Gasteiger partial charge is 2.00 e. The van der Waals surface area contributed by atoms with Gasteiger partial charge < -0.3 is 13.7 Å². The maximum absolute atomic E-state index is 6.62. The normalized spacial score (nSPS) is 11.9. The molecular weight excluding hydrogens is 740 g/mol. The van der Waals surface area contributed by atoms with Crippen molar-refractivity contribution in [2.24, 2.45) is 0 Å². The number of hydrogen-bond donors (Lipinski definition) is 0. The Morgan fingerprint density at radius 3 is 2.36 bits per heavy atom. The van der Waals surface area contributed by atoms with Crippen LogP contribution in [0.25, 0.3) is 55.2 Å². The molecule has 0 unspecified atom stereocenters. The van der Waals surface area contributed by atoms with Gasteiger partial charge in [0.05, 0.1) is 17.0 Å². The van der Waals surface area contributed by atoms with Gasteiger partial charge in [-0.15, -0.1) is 29.7 Å². The van der Waals surface area contributed by atoms with Crippen LogP contribution in [0.1, 0.15) is 37.7 Å². The standard InChI is InChI=1S/C38H30N4O2.Pt/c1-23-18-24(2)42(40-23)26-20-31-30-11-7-9-13-34(30)44-37(31)35(21-26)43-27-14-15-29-28-10-6-8-12-32(28)41(33(29)22-27)36-19-25(16-17-39-36)38(3,4)5;/h6-20H,1-5H3;/q-2;+2. The van der Waals surface area contributed by atoms with Gasteiger partial charge in [-0.2, -0.15) is 11.2 Å². The van der Waals surface area contributed by atoms with Crippen LogP contribution in [-0.2, 0) is 26.5 Å². The average Bonchev–Trinajstić information content (AvgIpc) is 3.67. The first-order valence-corrected chi connectivity index (χ1v) is 14.8. The molecule has 8 aromatic rings. The quantitative estimate of drug-likeness (QED) is 0.168. The number of fused-ring (bicyclic) bond motifs is 6. The van der Waals surface area contributed by atoms with Crippen LogP contribution in [0.2, 0.25) is 0 Å². The average molecular weight is 770 g/mol. The molecule has 0 saturated carbocycles. The number of ether oxygens (including phenoxy) is 1. The van der Waals surface area contributed by atoms with Crippen LogP contribution in [-0.4, -0.2) is 19.3 Å². The van der Waals surface area contributed by atoms with Crippen molar-refractivity contribution in [2.75, 3.05) is 0 Å². The van der Waals surface area contributed by atoms with E-state index in [1.165, 1.54) is 5.56 Å². The summed E-state index contributed by atoms with van der Waals surface area (Å²) < 4.78 is 17.0. The van der Waals surface area contributed by atoms with Gasteiger partial charge in [-0.3, -0.25) is 4.68 Å². The van der Waals surface area contributed by atoms with E-state index < -0.39 is 0 Å². The number of para-hydroxylation sites is 2.